The molecule has 0 radical (unpaired) electrons. The van der Waals surface area contributed by atoms with Gasteiger partial charge in [0.2, 0.25) is 0 Å². The van der Waals surface area contributed by atoms with Crippen molar-refractivity contribution in [2.24, 2.45) is 5.73 Å². The van der Waals surface area contributed by atoms with Gasteiger partial charge in [-0.1, -0.05) is 29.8 Å². The second-order valence-electron chi connectivity index (χ2n) is 4.26. The second-order valence-corrected chi connectivity index (χ2v) is 5.52. The maximum absolute atomic E-state index is 13.7. The lowest BCUT2D eigenvalue weighted by molar-refractivity contribution is 0.295. The van der Waals surface area contributed by atoms with Crippen LogP contribution in [0.5, 0.6) is 5.75 Å². The van der Waals surface area contributed by atoms with Crippen molar-refractivity contribution in [1.82, 2.24) is 0 Å². The van der Waals surface area contributed by atoms with Crippen molar-refractivity contribution in [3.8, 4) is 5.75 Å². The number of para-hydroxylation sites is 1. The molecule has 0 unspecified atom stereocenters. The smallest absolute Gasteiger partial charge is 0.137 e. The Bertz CT molecular complexity index is 586. The molecule has 0 bridgehead atoms. The van der Waals surface area contributed by atoms with Crippen molar-refractivity contribution in [3.05, 3.63) is 62.8 Å². The highest BCUT2D eigenvalue weighted by molar-refractivity contribution is 9.10. The number of benzene rings is 2. The van der Waals surface area contributed by atoms with Crippen LogP contribution in [0.4, 0.5) is 4.39 Å². The van der Waals surface area contributed by atoms with Crippen LogP contribution in [0.3, 0.4) is 0 Å². The lowest BCUT2D eigenvalue weighted by Crippen LogP contribution is -2.06. The molecule has 2 aromatic rings. The first-order valence-electron chi connectivity index (χ1n) is 6.16. The summed E-state index contributed by atoms with van der Waals surface area (Å²) in [5.41, 5.74) is 6.91. The van der Waals surface area contributed by atoms with Crippen LogP contribution in [-0.4, -0.2) is 6.54 Å². The minimum atomic E-state index is -0.370. The first-order valence-corrected chi connectivity index (χ1v) is 7.33. The standard InChI is InChI=1S/C15H14BrClFNO/c16-12-4-1-3-10(7-8-19)15(12)20-9-11-13(17)5-2-6-14(11)18/h1-6H,7-9,19H2. The molecular formula is C15H14BrClFNO. The number of hydrogen-bond acceptors (Lipinski definition) is 2. The first kappa shape index (κ1) is 15.3. The molecular weight excluding hydrogens is 345 g/mol. The van der Waals surface area contributed by atoms with Crippen molar-refractivity contribution in [1.29, 1.82) is 0 Å². The number of rotatable bonds is 5. The highest BCUT2D eigenvalue weighted by Crippen LogP contribution is 2.31. The van der Waals surface area contributed by atoms with Crippen molar-refractivity contribution in [2.45, 2.75) is 13.0 Å². The minimum Gasteiger partial charge on any atom is -0.487 e. The molecule has 0 heterocycles. The predicted molar refractivity (Wildman–Crippen MR) is 82.6 cm³/mol. The van der Waals surface area contributed by atoms with Gasteiger partial charge in [0.15, 0.2) is 0 Å². The third-order valence-corrected chi connectivity index (χ3v) is 3.86. The fourth-order valence-corrected chi connectivity index (χ4v) is 2.62. The van der Waals surface area contributed by atoms with E-state index < -0.39 is 0 Å². The zero-order valence-corrected chi connectivity index (χ0v) is 13.0. The SMILES string of the molecule is NCCc1cccc(Br)c1OCc1c(F)cccc1Cl. The Balaban J connectivity index is 2.23. The average Bonchev–Trinajstić information content (AvgIpc) is 2.41. The van der Waals surface area contributed by atoms with E-state index in [1.807, 2.05) is 18.2 Å². The Morgan fingerprint density at radius 3 is 2.65 bits per heavy atom. The third-order valence-electron chi connectivity index (χ3n) is 2.88. The van der Waals surface area contributed by atoms with Gasteiger partial charge in [0.25, 0.3) is 0 Å². The summed E-state index contributed by atoms with van der Waals surface area (Å²) >= 11 is 9.42. The van der Waals surface area contributed by atoms with Crippen LogP contribution in [0.15, 0.2) is 40.9 Å². The molecule has 0 spiro atoms. The molecule has 106 valence electrons. The van der Waals surface area contributed by atoms with Gasteiger partial charge >= 0.3 is 0 Å². The third kappa shape index (κ3) is 3.51. The maximum atomic E-state index is 13.7. The summed E-state index contributed by atoms with van der Waals surface area (Å²) < 4.78 is 20.3. The summed E-state index contributed by atoms with van der Waals surface area (Å²) in [4.78, 5) is 0. The monoisotopic (exact) mass is 357 g/mol. The molecule has 0 fully saturated rings. The summed E-state index contributed by atoms with van der Waals surface area (Å²) in [6.45, 7) is 0.596. The summed E-state index contributed by atoms with van der Waals surface area (Å²) in [5, 5.41) is 0.359. The lowest BCUT2D eigenvalue weighted by atomic mass is 10.1. The van der Waals surface area contributed by atoms with E-state index in [4.69, 9.17) is 22.1 Å². The molecule has 2 N–H and O–H groups in total. The van der Waals surface area contributed by atoms with Crippen LogP contribution >= 0.6 is 27.5 Å². The van der Waals surface area contributed by atoms with Gasteiger partial charge in [-0.15, -0.1) is 0 Å². The number of nitrogens with two attached hydrogens (primary N) is 1. The normalized spacial score (nSPS) is 10.6. The number of hydrogen-bond donors (Lipinski definition) is 1. The molecule has 0 saturated heterocycles. The van der Waals surface area contributed by atoms with Crippen molar-refractivity contribution < 1.29 is 9.13 Å². The molecule has 20 heavy (non-hydrogen) atoms. The Morgan fingerprint density at radius 1 is 1.20 bits per heavy atom. The topological polar surface area (TPSA) is 35.2 Å². The highest BCUT2D eigenvalue weighted by Gasteiger charge is 2.11. The molecule has 0 saturated carbocycles. The molecule has 0 aliphatic carbocycles. The Morgan fingerprint density at radius 2 is 1.95 bits per heavy atom. The van der Waals surface area contributed by atoms with E-state index in [1.54, 1.807) is 12.1 Å². The fraction of sp³-hybridized carbons (Fsp3) is 0.200. The molecule has 0 aliphatic rings. The first-order chi connectivity index (χ1) is 9.63. The van der Waals surface area contributed by atoms with Crippen LogP contribution in [0.1, 0.15) is 11.1 Å². The van der Waals surface area contributed by atoms with Crippen molar-refractivity contribution in [3.63, 3.8) is 0 Å². The van der Waals surface area contributed by atoms with Gasteiger partial charge < -0.3 is 10.5 Å². The minimum absolute atomic E-state index is 0.0751. The molecule has 0 aliphatic heterocycles. The van der Waals surface area contributed by atoms with Crippen molar-refractivity contribution >= 4 is 27.5 Å². The molecule has 2 rings (SSSR count). The van der Waals surface area contributed by atoms with E-state index in [9.17, 15) is 4.39 Å². The molecule has 0 amide bonds. The van der Waals surface area contributed by atoms with E-state index >= 15 is 0 Å². The molecule has 5 heteroatoms. The molecule has 0 aromatic heterocycles. The Labute approximate surface area is 130 Å². The zero-order chi connectivity index (χ0) is 14.5. The van der Waals surface area contributed by atoms with Gasteiger partial charge in [-0.3, -0.25) is 0 Å². The Kier molecular flexibility index (Phi) is 5.40. The quantitative estimate of drug-likeness (QED) is 0.864. The van der Waals surface area contributed by atoms with Crippen LogP contribution in [-0.2, 0) is 13.0 Å². The zero-order valence-electron chi connectivity index (χ0n) is 10.7. The molecule has 2 nitrogen and oxygen atoms in total. The highest BCUT2D eigenvalue weighted by atomic mass is 79.9. The van der Waals surface area contributed by atoms with Gasteiger partial charge in [0.1, 0.15) is 18.2 Å². The number of ether oxygens (including phenoxy) is 1. The van der Waals surface area contributed by atoms with E-state index in [0.29, 0.717) is 29.3 Å². The lowest BCUT2D eigenvalue weighted by Gasteiger charge is -2.14. The summed E-state index contributed by atoms with van der Waals surface area (Å²) in [5.74, 6) is 0.308. The number of halogens is 3. The average molecular weight is 359 g/mol. The van der Waals surface area contributed by atoms with Gasteiger partial charge in [0.05, 0.1) is 9.50 Å². The van der Waals surface area contributed by atoms with Gasteiger partial charge in [-0.2, -0.15) is 0 Å². The molecule has 0 atom stereocenters. The van der Waals surface area contributed by atoms with Crippen LogP contribution in [0.25, 0.3) is 0 Å². The maximum Gasteiger partial charge on any atom is 0.137 e. The predicted octanol–water partition coefficient (Wildman–Crippen LogP) is 4.32. The second kappa shape index (κ2) is 7.07. The summed E-state index contributed by atoms with van der Waals surface area (Å²) in [6.07, 6.45) is 0.694. The molecule has 2 aromatic carbocycles. The summed E-state index contributed by atoms with van der Waals surface area (Å²) in [6, 6.07) is 10.3. The van der Waals surface area contributed by atoms with E-state index in [-0.39, 0.29) is 12.4 Å². The van der Waals surface area contributed by atoms with E-state index in [0.717, 1.165) is 10.0 Å². The Hall–Kier alpha value is -1.10. The van der Waals surface area contributed by atoms with Crippen LogP contribution in [0, 0.1) is 5.82 Å². The fourth-order valence-electron chi connectivity index (χ4n) is 1.88. The van der Waals surface area contributed by atoms with Crippen molar-refractivity contribution in [2.75, 3.05) is 6.54 Å². The van der Waals surface area contributed by atoms with Gasteiger partial charge in [-0.25, -0.2) is 4.39 Å². The van der Waals surface area contributed by atoms with E-state index in [1.165, 1.54) is 6.07 Å². The van der Waals surface area contributed by atoms with Gasteiger partial charge in [-0.05, 0) is 52.7 Å². The summed E-state index contributed by atoms with van der Waals surface area (Å²) in [7, 11) is 0. The van der Waals surface area contributed by atoms with E-state index in [2.05, 4.69) is 15.9 Å². The largest absolute Gasteiger partial charge is 0.487 e. The van der Waals surface area contributed by atoms with Gasteiger partial charge in [0, 0.05) is 5.56 Å². The van der Waals surface area contributed by atoms with Crippen LogP contribution in [0.2, 0.25) is 5.02 Å². The van der Waals surface area contributed by atoms with Crippen LogP contribution < -0.4 is 10.5 Å².